The minimum atomic E-state index is 0.684. The zero-order valence-corrected chi connectivity index (χ0v) is 12.1. The van der Waals surface area contributed by atoms with Crippen molar-refractivity contribution in [2.75, 3.05) is 7.11 Å². The highest BCUT2D eigenvalue weighted by Gasteiger charge is 2.12. The van der Waals surface area contributed by atoms with E-state index < -0.39 is 0 Å². The first-order chi connectivity index (χ1) is 10.3. The normalized spacial score (nSPS) is 10.4. The Kier molecular flexibility index (Phi) is 3.65. The molecule has 3 nitrogen and oxygen atoms in total. The number of aromatic nitrogens is 2. The smallest absolute Gasteiger partial charge is 0.163 e. The summed E-state index contributed by atoms with van der Waals surface area (Å²) in [5.74, 6) is 1.39. The lowest BCUT2D eigenvalue weighted by molar-refractivity contribution is 0.413. The summed E-state index contributed by atoms with van der Waals surface area (Å²) in [4.78, 5) is 9.11. The summed E-state index contributed by atoms with van der Waals surface area (Å²) in [6, 6.07) is 18.1. The van der Waals surface area contributed by atoms with Gasteiger partial charge in [-0.15, -0.1) is 0 Å². The van der Waals surface area contributed by atoms with Gasteiger partial charge in [-0.3, -0.25) is 0 Å². The maximum absolute atomic E-state index is 5.42. The summed E-state index contributed by atoms with van der Waals surface area (Å²) in [5, 5.41) is 0. The first-order valence-electron chi connectivity index (χ1n) is 6.82. The van der Waals surface area contributed by atoms with Crippen molar-refractivity contribution in [3.8, 4) is 28.4 Å². The van der Waals surface area contributed by atoms with Crippen LogP contribution in [0.4, 0.5) is 0 Å². The van der Waals surface area contributed by atoms with Crippen molar-refractivity contribution in [2.45, 2.75) is 6.92 Å². The molecule has 3 heteroatoms. The molecule has 3 rings (SSSR count). The van der Waals surface area contributed by atoms with Crippen molar-refractivity contribution in [2.24, 2.45) is 0 Å². The molecule has 0 fully saturated rings. The third-order valence-electron chi connectivity index (χ3n) is 3.41. The van der Waals surface area contributed by atoms with Crippen molar-refractivity contribution in [3.05, 3.63) is 66.4 Å². The van der Waals surface area contributed by atoms with Crippen LogP contribution in [-0.4, -0.2) is 17.1 Å². The van der Waals surface area contributed by atoms with Gasteiger partial charge in [0, 0.05) is 11.1 Å². The van der Waals surface area contributed by atoms with Crippen LogP contribution in [0.1, 0.15) is 5.56 Å². The van der Waals surface area contributed by atoms with E-state index in [1.165, 1.54) is 0 Å². The molecule has 1 heterocycles. The van der Waals surface area contributed by atoms with E-state index in [4.69, 9.17) is 9.72 Å². The van der Waals surface area contributed by atoms with Gasteiger partial charge in [0.15, 0.2) is 11.6 Å². The van der Waals surface area contributed by atoms with E-state index >= 15 is 0 Å². The van der Waals surface area contributed by atoms with Gasteiger partial charge in [-0.25, -0.2) is 9.97 Å². The van der Waals surface area contributed by atoms with Gasteiger partial charge in [-0.2, -0.15) is 0 Å². The van der Waals surface area contributed by atoms with E-state index in [0.29, 0.717) is 11.6 Å². The second-order valence-electron chi connectivity index (χ2n) is 4.79. The number of hydrogen-bond donors (Lipinski definition) is 0. The van der Waals surface area contributed by atoms with Crippen LogP contribution >= 0.6 is 0 Å². The first-order valence-corrected chi connectivity index (χ1v) is 6.82. The second-order valence-corrected chi connectivity index (χ2v) is 4.79. The van der Waals surface area contributed by atoms with E-state index in [1.54, 1.807) is 13.3 Å². The molecular formula is C18H16N2O. The van der Waals surface area contributed by atoms with Gasteiger partial charge in [-0.1, -0.05) is 54.6 Å². The summed E-state index contributed by atoms with van der Waals surface area (Å²) < 4.78 is 5.42. The third-order valence-corrected chi connectivity index (χ3v) is 3.41. The van der Waals surface area contributed by atoms with Crippen LogP contribution in [0.5, 0.6) is 5.75 Å². The van der Waals surface area contributed by atoms with Crippen LogP contribution in [0.2, 0.25) is 0 Å². The molecule has 0 saturated heterocycles. The Morgan fingerprint density at radius 3 is 2.33 bits per heavy atom. The highest BCUT2D eigenvalue weighted by atomic mass is 16.5. The summed E-state index contributed by atoms with van der Waals surface area (Å²) in [5.41, 5.74) is 4.04. The Hall–Kier alpha value is -2.68. The minimum absolute atomic E-state index is 0.684. The van der Waals surface area contributed by atoms with Crippen molar-refractivity contribution >= 4 is 0 Å². The molecule has 104 valence electrons. The number of methoxy groups -OCH3 is 1. The number of benzene rings is 2. The molecule has 0 radical (unpaired) electrons. The highest BCUT2D eigenvalue weighted by Crippen LogP contribution is 2.31. The number of nitrogens with zero attached hydrogens (tertiary/aromatic N) is 2. The van der Waals surface area contributed by atoms with Crippen LogP contribution in [0.25, 0.3) is 22.6 Å². The Labute approximate surface area is 124 Å². The van der Waals surface area contributed by atoms with Gasteiger partial charge in [0.25, 0.3) is 0 Å². The Bertz CT molecular complexity index is 754. The fourth-order valence-electron chi connectivity index (χ4n) is 2.28. The van der Waals surface area contributed by atoms with Crippen LogP contribution in [0.15, 0.2) is 60.8 Å². The molecule has 0 aliphatic rings. The molecule has 0 saturated carbocycles. The SMILES string of the molecule is COc1cnc(-c2ccccc2)nc1-c1ccccc1C. The molecule has 0 unspecified atom stereocenters. The van der Waals surface area contributed by atoms with E-state index in [1.807, 2.05) is 42.5 Å². The molecule has 2 aromatic carbocycles. The lowest BCUT2D eigenvalue weighted by Gasteiger charge is -2.11. The van der Waals surface area contributed by atoms with E-state index in [2.05, 4.69) is 24.0 Å². The van der Waals surface area contributed by atoms with Crippen molar-refractivity contribution in [1.29, 1.82) is 0 Å². The van der Waals surface area contributed by atoms with Gasteiger partial charge in [0.05, 0.1) is 13.3 Å². The molecule has 0 atom stereocenters. The topological polar surface area (TPSA) is 35.0 Å². The maximum Gasteiger partial charge on any atom is 0.163 e. The molecule has 3 aromatic rings. The Morgan fingerprint density at radius 1 is 0.905 bits per heavy atom. The number of hydrogen-bond acceptors (Lipinski definition) is 3. The predicted octanol–water partition coefficient (Wildman–Crippen LogP) is 4.13. The van der Waals surface area contributed by atoms with Crippen molar-refractivity contribution in [1.82, 2.24) is 9.97 Å². The van der Waals surface area contributed by atoms with Crippen LogP contribution in [0.3, 0.4) is 0 Å². The average Bonchev–Trinajstić information content (AvgIpc) is 2.55. The number of aryl methyl sites for hydroxylation is 1. The Balaban J connectivity index is 2.17. The molecular weight excluding hydrogens is 260 g/mol. The van der Waals surface area contributed by atoms with Gasteiger partial charge in [-0.05, 0) is 12.5 Å². The fourth-order valence-corrected chi connectivity index (χ4v) is 2.28. The summed E-state index contributed by atoms with van der Waals surface area (Å²) >= 11 is 0. The second kappa shape index (κ2) is 5.75. The fraction of sp³-hybridized carbons (Fsp3) is 0.111. The minimum Gasteiger partial charge on any atom is -0.493 e. The maximum atomic E-state index is 5.42. The summed E-state index contributed by atoms with van der Waals surface area (Å²) in [7, 11) is 1.64. The number of ether oxygens (including phenoxy) is 1. The highest BCUT2D eigenvalue weighted by molar-refractivity contribution is 5.71. The van der Waals surface area contributed by atoms with Crippen LogP contribution in [-0.2, 0) is 0 Å². The molecule has 0 aliphatic carbocycles. The van der Waals surface area contributed by atoms with Gasteiger partial charge in [0.1, 0.15) is 5.69 Å². The quantitative estimate of drug-likeness (QED) is 0.721. The molecule has 21 heavy (non-hydrogen) atoms. The molecule has 0 aliphatic heterocycles. The van der Waals surface area contributed by atoms with E-state index in [-0.39, 0.29) is 0 Å². The lowest BCUT2D eigenvalue weighted by atomic mass is 10.0. The van der Waals surface area contributed by atoms with Gasteiger partial charge >= 0.3 is 0 Å². The summed E-state index contributed by atoms with van der Waals surface area (Å²) in [6.45, 7) is 2.07. The van der Waals surface area contributed by atoms with Crippen molar-refractivity contribution in [3.63, 3.8) is 0 Å². The largest absolute Gasteiger partial charge is 0.493 e. The molecule has 0 bridgehead atoms. The lowest BCUT2D eigenvalue weighted by Crippen LogP contribution is -1.97. The van der Waals surface area contributed by atoms with E-state index in [0.717, 1.165) is 22.4 Å². The number of rotatable bonds is 3. The van der Waals surface area contributed by atoms with Gasteiger partial charge < -0.3 is 4.74 Å². The molecule has 0 N–H and O–H groups in total. The molecule has 0 amide bonds. The zero-order chi connectivity index (χ0) is 14.7. The summed E-state index contributed by atoms with van der Waals surface area (Å²) in [6.07, 6.45) is 1.73. The third kappa shape index (κ3) is 2.63. The van der Waals surface area contributed by atoms with Crippen LogP contribution < -0.4 is 4.74 Å². The Morgan fingerprint density at radius 2 is 1.62 bits per heavy atom. The first kappa shape index (κ1) is 13.3. The van der Waals surface area contributed by atoms with Gasteiger partial charge in [0.2, 0.25) is 0 Å². The molecule has 0 spiro atoms. The van der Waals surface area contributed by atoms with E-state index in [9.17, 15) is 0 Å². The predicted molar refractivity (Wildman–Crippen MR) is 84.2 cm³/mol. The zero-order valence-electron chi connectivity index (χ0n) is 12.1. The monoisotopic (exact) mass is 276 g/mol. The standard InChI is InChI=1S/C18H16N2O/c1-13-8-6-7-11-15(13)17-16(21-2)12-19-18(20-17)14-9-4-3-5-10-14/h3-12H,1-2H3. The average molecular weight is 276 g/mol. The van der Waals surface area contributed by atoms with Crippen molar-refractivity contribution < 1.29 is 4.74 Å². The van der Waals surface area contributed by atoms with Crippen LogP contribution in [0, 0.1) is 6.92 Å². The molecule has 1 aromatic heterocycles.